The Bertz CT molecular complexity index is 738. The van der Waals surface area contributed by atoms with E-state index in [4.69, 9.17) is 5.73 Å². The first kappa shape index (κ1) is 22.4. The molecule has 4 N–H and O–H groups in total. The Labute approximate surface area is 180 Å². The number of hydrogen-bond acceptors (Lipinski definition) is 2. The van der Waals surface area contributed by atoms with Crippen LogP contribution in [-0.2, 0) is 11.2 Å². The lowest BCUT2D eigenvalue weighted by molar-refractivity contribution is -0.116. The maximum Gasteiger partial charge on any atom is 0.226 e. The minimum absolute atomic E-state index is 0. The molecule has 0 bridgehead atoms. The molecular weight excluding hydrogens is 507 g/mol. The summed E-state index contributed by atoms with van der Waals surface area (Å²) in [5.41, 5.74) is 8.88. The Balaban J connectivity index is 0.00000338. The van der Waals surface area contributed by atoms with Gasteiger partial charge in [-0.3, -0.25) is 9.79 Å². The van der Waals surface area contributed by atoms with Crippen molar-refractivity contribution in [2.75, 3.05) is 18.4 Å². The summed E-state index contributed by atoms with van der Waals surface area (Å²) >= 11 is 3.40. The number of benzene rings is 2. The van der Waals surface area contributed by atoms with Crippen molar-refractivity contribution in [3.63, 3.8) is 0 Å². The van der Waals surface area contributed by atoms with E-state index < -0.39 is 0 Å². The Morgan fingerprint density at radius 2 is 1.92 bits per heavy atom. The van der Waals surface area contributed by atoms with Gasteiger partial charge in [0.2, 0.25) is 5.91 Å². The van der Waals surface area contributed by atoms with Crippen molar-refractivity contribution in [3.8, 4) is 0 Å². The molecule has 0 saturated carbocycles. The van der Waals surface area contributed by atoms with Crippen molar-refractivity contribution in [3.05, 3.63) is 64.1 Å². The van der Waals surface area contributed by atoms with E-state index in [1.165, 1.54) is 5.56 Å². The highest BCUT2D eigenvalue weighted by Crippen LogP contribution is 2.20. The summed E-state index contributed by atoms with van der Waals surface area (Å²) < 4.78 is 0.988. The predicted octanol–water partition coefficient (Wildman–Crippen LogP) is 3.85. The summed E-state index contributed by atoms with van der Waals surface area (Å²) in [5.74, 6) is 0.287. The van der Waals surface area contributed by atoms with Crippen LogP contribution >= 0.6 is 39.9 Å². The zero-order valence-electron chi connectivity index (χ0n) is 14.7. The maximum absolute atomic E-state index is 12.0. The fourth-order valence-electron chi connectivity index (χ4n) is 2.29. The van der Waals surface area contributed by atoms with Gasteiger partial charge in [-0.15, -0.1) is 24.0 Å². The number of nitrogens with two attached hydrogens (primary N) is 1. The van der Waals surface area contributed by atoms with Crippen molar-refractivity contribution >= 4 is 57.5 Å². The summed E-state index contributed by atoms with van der Waals surface area (Å²) in [5, 5.41) is 5.95. The molecule has 0 heterocycles. The number of guanidine groups is 1. The summed E-state index contributed by atoms with van der Waals surface area (Å²) in [6.07, 6.45) is 1.16. The first-order valence-electron chi connectivity index (χ1n) is 8.18. The van der Waals surface area contributed by atoms with Gasteiger partial charge in [-0.25, -0.2) is 0 Å². The van der Waals surface area contributed by atoms with Gasteiger partial charge in [0, 0.05) is 23.1 Å². The van der Waals surface area contributed by atoms with Crippen LogP contribution in [0.4, 0.5) is 5.69 Å². The van der Waals surface area contributed by atoms with Gasteiger partial charge in [0.05, 0.1) is 6.54 Å². The molecule has 2 aromatic rings. The predicted molar refractivity (Wildman–Crippen MR) is 122 cm³/mol. The molecule has 0 atom stereocenters. The number of carbonyl (C=O) groups excluding carboxylic acids is 1. The lowest BCUT2D eigenvalue weighted by Crippen LogP contribution is -2.33. The summed E-state index contributed by atoms with van der Waals surface area (Å²) in [4.78, 5) is 16.2. The molecule has 2 rings (SSSR count). The second-order valence-corrected chi connectivity index (χ2v) is 6.60. The molecule has 7 heteroatoms. The van der Waals surface area contributed by atoms with Crippen LogP contribution in [0.15, 0.2) is 58.0 Å². The number of aryl methyl sites for hydroxylation is 1. The second-order valence-electron chi connectivity index (χ2n) is 5.69. The third-order valence-corrected chi connectivity index (χ3v) is 4.14. The fourth-order valence-corrected chi connectivity index (χ4v) is 2.77. The van der Waals surface area contributed by atoms with Crippen LogP contribution in [-0.4, -0.2) is 25.0 Å². The maximum atomic E-state index is 12.0. The number of anilines is 1. The van der Waals surface area contributed by atoms with Crippen LogP contribution in [0.2, 0.25) is 0 Å². The van der Waals surface area contributed by atoms with Gasteiger partial charge in [-0.1, -0.05) is 46.3 Å². The fraction of sp³-hybridized carbons (Fsp3) is 0.263. The minimum atomic E-state index is -0.0775. The van der Waals surface area contributed by atoms with E-state index in [1.807, 2.05) is 43.3 Å². The van der Waals surface area contributed by atoms with Crippen LogP contribution in [0.5, 0.6) is 0 Å². The zero-order valence-corrected chi connectivity index (χ0v) is 18.6. The van der Waals surface area contributed by atoms with Gasteiger partial charge in [0.1, 0.15) is 0 Å². The van der Waals surface area contributed by atoms with Gasteiger partial charge >= 0.3 is 0 Å². The monoisotopic (exact) mass is 530 g/mol. The normalized spacial score (nSPS) is 10.8. The van der Waals surface area contributed by atoms with Gasteiger partial charge in [-0.2, -0.15) is 0 Å². The zero-order chi connectivity index (χ0) is 18.1. The van der Waals surface area contributed by atoms with Gasteiger partial charge in [0.25, 0.3) is 0 Å². The number of hydrogen-bond donors (Lipinski definition) is 3. The summed E-state index contributed by atoms with van der Waals surface area (Å²) in [6.45, 7) is 3.02. The molecular formula is C19H24BrIN4O. The molecule has 1 amide bonds. The number of halogens is 2. The van der Waals surface area contributed by atoms with Crippen molar-refractivity contribution < 1.29 is 4.79 Å². The van der Waals surface area contributed by atoms with Gasteiger partial charge in [-0.05, 0) is 42.7 Å². The molecule has 2 aromatic carbocycles. The topological polar surface area (TPSA) is 79.5 Å². The number of rotatable bonds is 7. The van der Waals surface area contributed by atoms with E-state index in [9.17, 15) is 4.79 Å². The van der Waals surface area contributed by atoms with Crippen LogP contribution in [0.1, 0.15) is 17.5 Å². The highest BCUT2D eigenvalue weighted by molar-refractivity contribution is 14.0. The molecule has 0 aliphatic carbocycles. The average Bonchev–Trinajstić information content (AvgIpc) is 2.58. The van der Waals surface area contributed by atoms with Crippen molar-refractivity contribution in [1.82, 2.24) is 5.32 Å². The summed E-state index contributed by atoms with van der Waals surface area (Å²) in [6, 6.07) is 15.9. The highest BCUT2D eigenvalue weighted by atomic mass is 127. The van der Waals surface area contributed by atoms with Crippen LogP contribution in [0.3, 0.4) is 0 Å². The van der Waals surface area contributed by atoms with E-state index in [-0.39, 0.29) is 36.3 Å². The third-order valence-electron chi connectivity index (χ3n) is 3.65. The molecule has 140 valence electrons. The molecule has 0 radical (unpaired) electrons. The molecule has 0 aromatic heterocycles. The number of nitrogens with zero attached hydrogens (tertiary/aromatic N) is 1. The molecule has 26 heavy (non-hydrogen) atoms. The number of nitrogens with one attached hydrogen (secondary N) is 2. The van der Waals surface area contributed by atoms with Crippen LogP contribution < -0.4 is 16.4 Å². The Hall–Kier alpha value is -1.61. The van der Waals surface area contributed by atoms with Crippen molar-refractivity contribution in [2.45, 2.75) is 19.8 Å². The first-order chi connectivity index (χ1) is 12.0. The van der Waals surface area contributed by atoms with E-state index in [1.54, 1.807) is 0 Å². The van der Waals surface area contributed by atoms with Crippen LogP contribution in [0, 0.1) is 6.92 Å². The summed E-state index contributed by atoms with van der Waals surface area (Å²) in [7, 11) is 0. The second kappa shape index (κ2) is 11.9. The lowest BCUT2D eigenvalue weighted by atomic mass is 10.1. The lowest BCUT2D eigenvalue weighted by Gasteiger charge is -2.08. The Morgan fingerprint density at radius 1 is 1.19 bits per heavy atom. The van der Waals surface area contributed by atoms with E-state index >= 15 is 0 Å². The number of aliphatic imine (C=N–C) groups is 1. The Kier molecular flexibility index (Phi) is 10.3. The van der Waals surface area contributed by atoms with Crippen LogP contribution in [0.25, 0.3) is 0 Å². The average molecular weight is 531 g/mol. The number of carbonyl (C=O) groups is 1. The third kappa shape index (κ3) is 8.18. The Morgan fingerprint density at radius 3 is 2.62 bits per heavy atom. The minimum Gasteiger partial charge on any atom is -0.370 e. The molecule has 0 fully saturated rings. The highest BCUT2D eigenvalue weighted by Gasteiger charge is 2.05. The van der Waals surface area contributed by atoms with Crippen molar-refractivity contribution in [1.29, 1.82) is 0 Å². The largest absolute Gasteiger partial charge is 0.370 e. The molecule has 5 nitrogen and oxygen atoms in total. The van der Waals surface area contributed by atoms with Gasteiger partial charge < -0.3 is 16.4 Å². The SMILES string of the molecule is Cc1cc(Br)ccc1NC(=O)CCN=C(N)NCCc1ccccc1.I. The standard InChI is InChI=1S/C19H23BrN4O.HI/c1-14-13-16(20)7-8-17(14)24-18(25)10-12-23-19(21)22-11-9-15-5-3-2-4-6-15;/h2-8,13H,9-12H2,1H3,(H,24,25)(H3,21,22,23);1H. The first-order valence-corrected chi connectivity index (χ1v) is 8.97. The molecule has 0 spiro atoms. The van der Waals surface area contributed by atoms with E-state index in [0.29, 0.717) is 19.0 Å². The number of amides is 1. The van der Waals surface area contributed by atoms with Crippen molar-refractivity contribution in [2.24, 2.45) is 10.7 Å². The quantitative estimate of drug-likeness (QED) is 0.289. The molecule has 0 aliphatic rings. The molecule has 0 aliphatic heterocycles. The molecule has 0 saturated heterocycles. The van der Waals surface area contributed by atoms with E-state index in [2.05, 4.69) is 43.7 Å². The smallest absolute Gasteiger partial charge is 0.226 e. The van der Waals surface area contributed by atoms with Gasteiger partial charge in [0.15, 0.2) is 5.96 Å². The van der Waals surface area contributed by atoms with E-state index in [0.717, 1.165) is 22.1 Å². The molecule has 0 unspecified atom stereocenters.